The Morgan fingerprint density at radius 2 is 1.94 bits per heavy atom. The Morgan fingerprint density at radius 1 is 1.16 bits per heavy atom. The van der Waals surface area contributed by atoms with E-state index in [9.17, 15) is 17.6 Å². The van der Waals surface area contributed by atoms with E-state index in [2.05, 4.69) is 5.32 Å². The van der Waals surface area contributed by atoms with E-state index < -0.39 is 21.8 Å². The van der Waals surface area contributed by atoms with E-state index in [1.54, 1.807) is 0 Å². The van der Waals surface area contributed by atoms with Crippen molar-refractivity contribution < 1.29 is 22.3 Å². The lowest BCUT2D eigenvalue weighted by molar-refractivity contribution is -0.126. The molecule has 1 atom stereocenters. The fraction of sp³-hybridized carbons (Fsp3) is 0.292. The van der Waals surface area contributed by atoms with E-state index in [0.29, 0.717) is 19.4 Å². The van der Waals surface area contributed by atoms with Gasteiger partial charge in [0.15, 0.2) is 0 Å². The van der Waals surface area contributed by atoms with E-state index in [1.807, 2.05) is 42.5 Å². The van der Waals surface area contributed by atoms with Crippen LogP contribution in [0.5, 0.6) is 5.75 Å². The third-order valence-corrected chi connectivity index (χ3v) is 7.72. The van der Waals surface area contributed by atoms with Crippen molar-refractivity contribution in [3.05, 3.63) is 72.0 Å². The molecule has 1 aliphatic rings. The summed E-state index contributed by atoms with van der Waals surface area (Å²) in [6.45, 7) is 0.680. The van der Waals surface area contributed by atoms with E-state index in [1.165, 1.54) is 17.5 Å². The van der Waals surface area contributed by atoms with Crippen molar-refractivity contribution in [2.75, 3.05) is 20.2 Å². The first kappa shape index (κ1) is 22.2. The summed E-state index contributed by atoms with van der Waals surface area (Å²) >= 11 is 0. The average Bonchev–Trinajstić information content (AvgIpc) is 2.82. The number of hydrogen-bond donors (Lipinski definition) is 1. The maximum Gasteiger partial charge on any atom is 0.246 e. The molecule has 4 rings (SSSR count). The predicted octanol–water partition coefficient (Wildman–Crippen LogP) is 3.70. The molecular formula is C24H25FN2O4S. The van der Waals surface area contributed by atoms with Gasteiger partial charge in [-0.05, 0) is 47.4 Å². The van der Waals surface area contributed by atoms with Crippen LogP contribution in [-0.2, 0) is 21.4 Å². The molecule has 3 aromatic carbocycles. The maximum atomic E-state index is 13.8. The molecule has 0 spiro atoms. The van der Waals surface area contributed by atoms with Crippen LogP contribution in [0, 0.1) is 11.7 Å². The molecular weight excluding hydrogens is 431 g/mol. The highest BCUT2D eigenvalue weighted by Gasteiger charge is 2.35. The smallest absolute Gasteiger partial charge is 0.246 e. The molecule has 0 aliphatic carbocycles. The standard InChI is InChI=1S/C24H25FN2O4S/c1-31-22-12-11-20(25)14-23(22)32(29,30)27-13-5-9-19(16-27)24(28)26-15-18-8-4-7-17-6-2-3-10-21(17)18/h2-4,6-8,10-12,14,19H,5,9,13,15-16H2,1H3,(H,26,28)/t19-/m0/s1. The van der Waals surface area contributed by atoms with Gasteiger partial charge in [-0.25, -0.2) is 12.8 Å². The van der Waals surface area contributed by atoms with Gasteiger partial charge in [0.25, 0.3) is 0 Å². The van der Waals surface area contributed by atoms with E-state index in [4.69, 9.17) is 4.74 Å². The maximum absolute atomic E-state index is 13.8. The number of carbonyl (C=O) groups is 1. The van der Waals surface area contributed by atoms with Gasteiger partial charge in [-0.15, -0.1) is 0 Å². The van der Waals surface area contributed by atoms with Gasteiger partial charge in [0.2, 0.25) is 15.9 Å². The van der Waals surface area contributed by atoms with Gasteiger partial charge in [0, 0.05) is 19.6 Å². The first-order chi connectivity index (χ1) is 15.4. The second kappa shape index (κ2) is 9.26. The summed E-state index contributed by atoms with van der Waals surface area (Å²) in [5.41, 5.74) is 1.00. The topological polar surface area (TPSA) is 75.7 Å². The van der Waals surface area contributed by atoms with Crippen molar-refractivity contribution in [2.24, 2.45) is 5.92 Å². The van der Waals surface area contributed by atoms with Crippen molar-refractivity contribution in [1.82, 2.24) is 9.62 Å². The Morgan fingerprint density at radius 3 is 2.75 bits per heavy atom. The van der Waals surface area contributed by atoms with Gasteiger partial charge in [0.1, 0.15) is 16.5 Å². The number of piperidine rings is 1. The molecule has 1 heterocycles. The minimum absolute atomic E-state index is 0.0450. The number of fused-ring (bicyclic) bond motifs is 1. The Hall–Kier alpha value is -2.97. The number of carbonyl (C=O) groups excluding carboxylic acids is 1. The number of halogens is 1. The number of amides is 1. The lowest BCUT2D eigenvalue weighted by Crippen LogP contribution is -2.45. The number of sulfonamides is 1. The molecule has 0 bridgehead atoms. The molecule has 168 valence electrons. The van der Waals surface area contributed by atoms with Crippen LogP contribution >= 0.6 is 0 Å². The Balaban J connectivity index is 1.48. The molecule has 8 heteroatoms. The van der Waals surface area contributed by atoms with Crippen LogP contribution < -0.4 is 10.1 Å². The zero-order chi connectivity index (χ0) is 22.7. The third kappa shape index (κ3) is 4.47. The van der Waals surface area contributed by atoms with Gasteiger partial charge < -0.3 is 10.1 Å². The number of ether oxygens (including phenoxy) is 1. The highest BCUT2D eigenvalue weighted by molar-refractivity contribution is 7.89. The molecule has 1 amide bonds. The zero-order valence-corrected chi connectivity index (χ0v) is 18.6. The highest BCUT2D eigenvalue weighted by Crippen LogP contribution is 2.30. The van der Waals surface area contributed by atoms with Crippen LogP contribution in [0.1, 0.15) is 18.4 Å². The molecule has 32 heavy (non-hydrogen) atoms. The second-order valence-electron chi connectivity index (χ2n) is 7.85. The molecule has 0 radical (unpaired) electrons. The van der Waals surface area contributed by atoms with Gasteiger partial charge >= 0.3 is 0 Å². The van der Waals surface area contributed by atoms with E-state index in [0.717, 1.165) is 28.5 Å². The number of methoxy groups -OCH3 is 1. The highest BCUT2D eigenvalue weighted by atomic mass is 32.2. The zero-order valence-electron chi connectivity index (χ0n) is 17.8. The van der Waals surface area contributed by atoms with Crippen molar-refractivity contribution >= 4 is 26.7 Å². The minimum Gasteiger partial charge on any atom is -0.495 e. The van der Waals surface area contributed by atoms with Crippen molar-refractivity contribution in [1.29, 1.82) is 0 Å². The average molecular weight is 457 g/mol. The van der Waals surface area contributed by atoms with Gasteiger partial charge in [0.05, 0.1) is 13.0 Å². The fourth-order valence-corrected chi connectivity index (χ4v) is 5.83. The second-order valence-corrected chi connectivity index (χ2v) is 9.76. The predicted molar refractivity (Wildman–Crippen MR) is 120 cm³/mol. The quantitative estimate of drug-likeness (QED) is 0.614. The first-order valence-electron chi connectivity index (χ1n) is 10.5. The third-order valence-electron chi connectivity index (χ3n) is 5.83. The van der Waals surface area contributed by atoms with Crippen LogP contribution in [0.3, 0.4) is 0 Å². The Kier molecular flexibility index (Phi) is 6.43. The van der Waals surface area contributed by atoms with Crippen LogP contribution in [0.4, 0.5) is 4.39 Å². The minimum atomic E-state index is -4.00. The normalized spacial score (nSPS) is 17.2. The van der Waals surface area contributed by atoms with Crippen molar-refractivity contribution in [3.8, 4) is 5.75 Å². The number of hydrogen-bond acceptors (Lipinski definition) is 4. The molecule has 1 fully saturated rings. The van der Waals surface area contributed by atoms with Gasteiger partial charge in [-0.1, -0.05) is 42.5 Å². The summed E-state index contributed by atoms with van der Waals surface area (Å²) in [7, 11) is -2.66. The molecule has 0 saturated carbocycles. The summed E-state index contributed by atoms with van der Waals surface area (Å²) in [4.78, 5) is 12.7. The number of nitrogens with one attached hydrogen (secondary N) is 1. The van der Waals surface area contributed by atoms with Crippen LogP contribution in [-0.4, -0.2) is 38.8 Å². The summed E-state index contributed by atoms with van der Waals surface area (Å²) in [5, 5.41) is 5.13. The van der Waals surface area contributed by atoms with Gasteiger partial charge in [-0.3, -0.25) is 4.79 Å². The Bertz CT molecular complexity index is 1240. The lowest BCUT2D eigenvalue weighted by Gasteiger charge is -2.31. The summed E-state index contributed by atoms with van der Waals surface area (Å²) in [6.07, 6.45) is 1.14. The number of nitrogens with zero attached hydrogens (tertiary/aromatic N) is 1. The molecule has 1 saturated heterocycles. The van der Waals surface area contributed by atoms with Crippen molar-refractivity contribution in [3.63, 3.8) is 0 Å². The van der Waals surface area contributed by atoms with E-state index >= 15 is 0 Å². The largest absolute Gasteiger partial charge is 0.495 e. The molecule has 1 aliphatic heterocycles. The Labute approximate surface area is 187 Å². The SMILES string of the molecule is COc1ccc(F)cc1S(=O)(=O)N1CCC[C@H](C(=O)NCc2cccc3ccccc23)C1. The molecule has 3 aromatic rings. The summed E-state index contributed by atoms with van der Waals surface area (Å²) < 4.78 is 46.4. The van der Waals surface area contributed by atoms with Crippen molar-refractivity contribution in [2.45, 2.75) is 24.3 Å². The summed E-state index contributed by atoms with van der Waals surface area (Å²) in [5.74, 6) is -1.25. The van der Waals surface area contributed by atoms with Crippen LogP contribution in [0.2, 0.25) is 0 Å². The molecule has 1 N–H and O–H groups in total. The summed E-state index contributed by atoms with van der Waals surface area (Å²) in [6, 6.07) is 17.3. The molecule has 6 nitrogen and oxygen atoms in total. The molecule has 0 unspecified atom stereocenters. The van der Waals surface area contributed by atoms with Crippen LogP contribution in [0.15, 0.2) is 65.6 Å². The van der Waals surface area contributed by atoms with Crippen LogP contribution in [0.25, 0.3) is 10.8 Å². The number of rotatable bonds is 6. The number of benzene rings is 3. The molecule has 0 aromatic heterocycles. The first-order valence-corrected chi connectivity index (χ1v) is 11.9. The lowest BCUT2D eigenvalue weighted by atomic mass is 9.98. The van der Waals surface area contributed by atoms with Gasteiger partial charge in [-0.2, -0.15) is 4.31 Å². The van der Waals surface area contributed by atoms with E-state index in [-0.39, 0.29) is 29.6 Å². The monoisotopic (exact) mass is 456 g/mol. The fourth-order valence-electron chi connectivity index (χ4n) is 4.14.